The lowest BCUT2D eigenvalue weighted by molar-refractivity contribution is 0.365. The molecule has 2 fully saturated rings. The average Bonchev–Trinajstić information content (AvgIpc) is 3.68. The molecule has 0 unspecified atom stereocenters. The molecular formula is C27H29ClFN5O. The molecule has 2 aromatic heterocycles. The SMILES string of the molecule is Cn1c(=O)c(C#N)c(N(C)[C@H]2CC[C@H](N(CC3CC3)c3cccc(F)c3)CC2)c2nc(Cl)ccc21. The summed E-state index contributed by atoms with van der Waals surface area (Å²) in [4.78, 5) is 21.9. The van der Waals surface area contributed by atoms with E-state index in [1.807, 2.05) is 13.1 Å². The molecule has 6 nitrogen and oxygen atoms in total. The van der Waals surface area contributed by atoms with E-state index in [0.717, 1.165) is 37.9 Å². The number of nitrogens with zero attached hydrogens (tertiary/aromatic N) is 5. The van der Waals surface area contributed by atoms with Crippen molar-refractivity contribution >= 4 is 34.0 Å². The van der Waals surface area contributed by atoms with Gasteiger partial charge in [0.2, 0.25) is 0 Å². The largest absolute Gasteiger partial charge is 0.369 e. The first-order chi connectivity index (χ1) is 16.9. The first kappa shape index (κ1) is 23.6. The Morgan fingerprint density at radius 2 is 1.86 bits per heavy atom. The molecule has 0 bridgehead atoms. The smallest absolute Gasteiger partial charge is 0.270 e. The van der Waals surface area contributed by atoms with E-state index < -0.39 is 0 Å². The summed E-state index contributed by atoms with van der Waals surface area (Å²) in [6.07, 6.45) is 6.20. The predicted octanol–water partition coefficient (Wildman–Crippen LogP) is 5.26. The highest BCUT2D eigenvalue weighted by molar-refractivity contribution is 6.29. The second-order valence-corrected chi connectivity index (χ2v) is 10.2. The van der Waals surface area contributed by atoms with Crippen LogP contribution < -0.4 is 15.4 Å². The molecule has 3 aromatic rings. The third kappa shape index (κ3) is 4.60. The molecule has 2 saturated carbocycles. The standard InChI is InChI=1S/C27H29ClFN5O/c1-32(26-22(15-30)27(35)33(2)23-12-13-24(28)31-25(23)26)19-8-10-20(11-9-19)34(16-17-6-7-17)21-5-3-4-18(29)14-21/h3-5,12-14,17,19-20H,6-11,16H2,1-2H3/t19-,20-. The van der Waals surface area contributed by atoms with Gasteiger partial charge in [-0.2, -0.15) is 5.26 Å². The highest BCUT2D eigenvalue weighted by atomic mass is 35.5. The first-order valence-electron chi connectivity index (χ1n) is 12.2. The number of anilines is 2. The summed E-state index contributed by atoms with van der Waals surface area (Å²) in [7, 11) is 3.59. The fourth-order valence-corrected chi connectivity index (χ4v) is 5.60. The van der Waals surface area contributed by atoms with Crippen LogP contribution in [0.3, 0.4) is 0 Å². The summed E-state index contributed by atoms with van der Waals surface area (Å²) >= 11 is 6.21. The van der Waals surface area contributed by atoms with Gasteiger partial charge in [0.1, 0.15) is 28.1 Å². The first-order valence-corrected chi connectivity index (χ1v) is 12.6. The lowest BCUT2D eigenvalue weighted by Gasteiger charge is -2.41. The molecule has 0 radical (unpaired) electrons. The van der Waals surface area contributed by atoms with Crippen molar-refractivity contribution < 1.29 is 4.39 Å². The van der Waals surface area contributed by atoms with E-state index in [1.54, 1.807) is 31.3 Å². The van der Waals surface area contributed by atoms with E-state index in [0.29, 0.717) is 33.8 Å². The topological polar surface area (TPSA) is 65.2 Å². The van der Waals surface area contributed by atoms with Crippen LogP contribution in [0.25, 0.3) is 11.0 Å². The molecule has 182 valence electrons. The highest BCUT2D eigenvalue weighted by Crippen LogP contribution is 2.37. The van der Waals surface area contributed by atoms with E-state index in [1.165, 1.54) is 23.5 Å². The number of aryl methyl sites for hydroxylation is 1. The predicted molar refractivity (Wildman–Crippen MR) is 138 cm³/mol. The van der Waals surface area contributed by atoms with Gasteiger partial charge in [-0.25, -0.2) is 9.37 Å². The van der Waals surface area contributed by atoms with Crippen LogP contribution in [-0.2, 0) is 7.05 Å². The Balaban J connectivity index is 1.42. The lowest BCUT2D eigenvalue weighted by atomic mass is 9.88. The number of rotatable bonds is 6. The Labute approximate surface area is 209 Å². The van der Waals surface area contributed by atoms with Crippen molar-refractivity contribution in [1.82, 2.24) is 9.55 Å². The Morgan fingerprint density at radius 1 is 1.14 bits per heavy atom. The van der Waals surface area contributed by atoms with Crippen LogP contribution in [0.15, 0.2) is 41.2 Å². The van der Waals surface area contributed by atoms with Crippen molar-refractivity contribution in [2.24, 2.45) is 13.0 Å². The second-order valence-electron chi connectivity index (χ2n) is 9.85. The molecule has 0 N–H and O–H groups in total. The normalized spacial score (nSPS) is 20.0. The van der Waals surface area contributed by atoms with Crippen molar-refractivity contribution in [2.45, 2.75) is 50.6 Å². The minimum Gasteiger partial charge on any atom is -0.369 e. The fraction of sp³-hybridized carbons (Fsp3) is 0.444. The minimum atomic E-state index is -0.332. The van der Waals surface area contributed by atoms with Crippen LogP contribution in [0.4, 0.5) is 15.8 Å². The maximum Gasteiger partial charge on any atom is 0.270 e. The third-order valence-corrected chi connectivity index (χ3v) is 7.80. The van der Waals surface area contributed by atoms with Gasteiger partial charge >= 0.3 is 0 Å². The molecule has 35 heavy (non-hydrogen) atoms. The molecule has 0 atom stereocenters. The average molecular weight is 494 g/mol. The van der Waals surface area contributed by atoms with E-state index >= 15 is 0 Å². The Morgan fingerprint density at radius 3 is 2.51 bits per heavy atom. The molecule has 8 heteroatoms. The molecule has 0 spiro atoms. The summed E-state index contributed by atoms with van der Waals surface area (Å²) in [5.74, 6) is 0.490. The van der Waals surface area contributed by atoms with Crippen LogP contribution in [0.5, 0.6) is 0 Å². The Kier molecular flexibility index (Phi) is 6.41. The van der Waals surface area contributed by atoms with Crippen molar-refractivity contribution in [3.05, 3.63) is 63.3 Å². The molecular weight excluding hydrogens is 465 g/mol. The van der Waals surface area contributed by atoms with Crippen molar-refractivity contribution in [2.75, 3.05) is 23.4 Å². The highest BCUT2D eigenvalue weighted by Gasteiger charge is 2.33. The number of nitriles is 1. The van der Waals surface area contributed by atoms with Gasteiger partial charge in [-0.05, 0) is 74.8 Å². The molecule has 1 aromatic carbocycles. The maximum atomic E-state index is 14.0. The number of pyridine rings is 2. The van der Waals surface area contributed by atoms with Crippen LogP contribution in [0, 0.1) is 23.1 Å². The molecule has 0 saturated heterocycles. The van der Waals surface area contributed by atoms with E-state index in [2.05, 4.69) is 20.9 Å². The van der Waals surface area contributed by atoms with Crippen molar-refractivity contribution in [1.29, 1.82) is 5.26 Å². The second kappa shape index (κ2) is 9.50. The van der Waals surface area contributed by atoms with Crippen molar-refractivity contribution in [3.8, 4) is 6.07 Å². The summed E-state index contributed by atoms with van der Waals surface area (Å²) in [5.41, 5.74) is 2.48. The van der Waals surface area contributed by atoms with Crippen LogP contribution >= 0.6 is 11.6 Å². The van der Waals surface area contributed by atoms with Gasteiger partial charge in [0.05, 0.1) is 11.2 Å². The van der Waals surface area contributed by atoms with Crippen LogP contribution in [0.2, 0.25) is 5.15 Å². The molecule has 2 heterocycles. The fourth-order valence-electron chi connectivity index (χ4n) is 5.45. The molecule has 5 rings (SSSR count). The number of benzene rings is 1. The number of fused-ring (bicyclic) bond motifs is 1. The number of hydrogen-bond donors (Lipinski definition) is 0. The van der Waals surface area contributed by atoms with Gasteiger partial charge in [-0.3, -0.25) is 4.79 Å². The summed E-state index contributed by atoms with van der Waals surface area (Å²) in [6.45, 7) is 0.967. The maximum absolute atomic E-state index is 14.0. The summed E-state index contributed by atoms with van der Waals surface area (Å²) in [6, 6.07) is 13.0. The van der Waals surface area contributed by atoms with Gasteiger partial charge in [0.15, 0.2) is 0 Å². The van der Waals surface area contributed by atoms with Gasteiger partial charge in [-0.1, -0.05) is 17.7 Å². The van der Waals surface area contributed by atoms with Gasteiger partial charge in [0, 0.05) is 38.4 Å². The number of aromatic nitrogens is 2. The zero-order valence-corrected chi connectivity index (χ0v) is 20.8. The molecule has 2 aliphatic rings. The minimum absolute atomic E-state index is 0.0921. The van der Waals surface area contributed by atoms with Gasteiger partial charge < -0.3 is 14.4 Å². The summed E-state index contributed by atoms with van der Waals surface area (Å²) < 4.78 is 15.4. The van der Waals surface area contributed by atoms with Gasteiger partial charge in [0.25, 0.3) is 5.56 Å². The molecule has 2 aliphatic carbocycles. The Bertz CT molecular complexity index is 1350. The van der Waals surface area contributed by atoms with Crippen LogP contribution in [0.1, 0.15) is 44.1 Å². The third-order valence-electron chi connectivity index (χ3n) is 7.59. The lowest BCUT2D eigenvalue weighted by Crippen LogP contribution is -2.44. The Hall–Kier alpha value is -3.11. The van der Waals surface area contributed by atoms with Crippen LogP contribution in [-0.4, -0.2) is 35.2 Å². The number of hydrogen-bond acceptors (Lipinski definition) is 5. The zero-order chi connectivity index (χ0) is 24.7. The van der Waals surface area contributed by atoms with Gasteiger partial charge in [-0.15, -0.1) is 0 Å². The summed E-state index contributed by atoms with van der Waals surface area (Å²) in [5, 5.41) is 10.2. The monoisotopic (exact) mass is 493 g/mol. The molecule has 0 aliphatic heterocycles. The van der Waals surface area contributed by atoms with Crippen molar-refractivity contribution in [3.63, 3.8) is 0 Å². The van der Waals surface area contributed by atoms with E-state index in [4.69, 9.17) is 11.6 Å². The quantitative estimate of drug-likeness (QED) is 0.438. The molecule has 0 amide bonds. The van der Waals surface area contributed by atoms with E-state index in [-0.39, 0.29) is 23.0 Å². The van der Waals surface area contributed by atoms with E-state index in [9.17, 15) is 14.4 Å². The number of halogens is 2. The zero-order valence-electron chi connectivity index (χ0n) is 20.0.